The Balaban J connectivity index is 2.18. The monoisotopic (exact) mass is 289 g/mol. The lowest BCUT2D eigenvalue weighted by atomic mass is 10.2. The first-order chi connectivity index (χ1) is 10.2. The maximum atomic E-state index is 14.0. The Morgan fingerprint density at radius 3 is 2.48 bits per heavy atom. The van der Waals surface area contributed by atoms with Crippen molar-refractivity contribution in [2.45, 2.75) is 19.9 Å². The predicted octanol–water partition coefficient (Wildman–Crippen LogP) is 4.13. The van der Waals surface area contributed by atoms with Crippen molar-refractivity contribution in [3.63, 3.8) is 0 Å². The average Bonchev–Trinajstić information content (AvgIpc) is 2.49. The maximum Gasteiger partial charge on any atom is 0.169 e. The molecular formula is C17H20FNO2. The third kappa shape index (κ3) is 4.20. The Hall–Kier alpha value is -2.07. The summed E-state index contributed by atoms with van der Waals surface area (Å²) >= 11 is 0. The number of nitrogens with one attached hydrogen (secondary N) is 1. The van der Waals surface area contributed by atoms with Gasteiger partial charge in [-0.25, -0.2) is 4.39 Å². The van der Waals surface area contributed by atoms with Crippen LogP contribution < -0.4 is 14.8 Å². The molecule has 112 valence electrons. The summed E-state index contributed by atoms with van der Waals surface area (Å²) in [4.78, 5) is 0. The highest BCUT2D eigenvalue weighted by molar-refractivity contribution is 5.43. The van der Waals surface area contributed by atoms with Crippen molar-refractivity contribution in [1.29, 1.82) is 0 Å². The van der Waals surface area contributed by atoms with Crippen LogP contribution in [0.15, 0.2) is 42.5 Å². The lowest BCUT2D eigenvalue weighted by molar-refractivity contribution is 0.300. The molecule has 0 aliphatic carbocycles. The molecule has 0 aromatic heterocycles. The molecule has 2 rings (SSSR count). The molecule has 0 bridgehead atoms. The fourth-order valence-corrected chi connectivity index (χ4v) is 1.93. The highest BCUT2D eigenvalue weighted by Gasteiger charge is 2.09. The van der Waals surface area contributed by atoms with Crippen molar-refractivity contribution in [1.82, 2.24) is 5.32 Å². The van der Waals surface area contributed by atoms with Crippen molar-refractivity contribution < 1.29 is 13.9 Å². The maximum absolute atomic E-state index is 14.0. The van der Waals surface area contributed by atoms with Gasteiger partial charge in [0.1, 0.15) is 0 Å². The van der Waals surface area contributed by atoms with Gasteiger partial charge in [0.2, 0.25) is 0 Å². The first-order valence-electron chi connectivity index (χ1n) is 7.07. The van der Waals surface area contributed by atoms with Gasteiger partial charge in [0.15, 0.2) is 23.1 Å². The molecule has 0 spiro atoms. The highest BCUT2D eigenvalue weighted by atomic mass is 19.1. The van der Waals surface area contributed by atoms with Gasteiger partial charge in [0.05, 0.1) is 6.61 Å². The van der Waals surface area contributed by atoms with Crippen LogP contribution in [-0.4, -0.2) is 13.7 Å². The molecule has 0 unspecified atom stereocenters. The summed E-state index contributed by atoms with van der Waals surface area (Å²) < 4.78 is 25.3. The van der Waals surface area contributed by atoms with Crippen molar-refractivity contribution in [3.8, 4) is 17.2 Å². The first-order valence-corrected chi connectivity index (χ1v) is 7.07. The fraction of sp³-hybridized carbons (Fsp3) is 0.294. The number of ether oxygens (including phenoxy) is 2. The molecule has 0 fully saturated rings. The molecule has 3 nitrogen and oxygen atoms in total. The van der Waals surface area contributed by atoms with Gasteiger partial charge in [0, 0.05) is 6.54 Å². The minimum absolute atomic E-state index is 0.197. The fourth-order valence-electron chi connectivity index (χ4n) is 1.93. The van der Waals surface area contributed by atoms with E-state index in [0.29, 0.717) is 24.7 Å². The Bertz CT molecular complexity index is 587. The molecule has 0 amide bonds. The van der Waals surface area contributed by atoms with Crippen molar-refractivity contribution in [3.05, 3.63) is 53.8 Å². The van der Waals surface area contributed by atoms with Crippen molar-refractivity contribution in [2.24, 2.45) is 0 Å². The average molecular weight is 289 g/mol. The Labute approximate surface area is 124 Å². The number of rotatable bonds is 7. The van der Waals surface area contributed by atoms with Gasteiger partial charge < -0.3 is 14.8 Å². The number of para-hydroxylation sites is 2. The Morgan fingerprint density at radius 1 is 1.05 bits per heavy atom. The van der Waals surface area contributed by atoms with Gasteiger partial charge in [-0.05, 0) is 43.3 Å². The summed E-state index contributed by atoms with van der Waals surface area (Å²) in [5, 5.41) is 2.99. The van der Waals surface area contributed by atoms with Crippen molar-refractivity contribution >= 4 is 0 Å². The van der Waals surface area contributed by atoms with Crippen LogP contribution in [0.4, 0.5) is 4.39 Å². The highest BCUT2D eigenvalue weighted by Crippen LogP contribution is 2.32. The zero-order valence-electron chi connectivity index (χ0n) is 12.4. The zero-order chi connectivity index (χ0) is 15.1. The summed E-state index contributed by atoms with van der Waals surface area (Å²) in [6.07, 6.45) is 0.904. The van der Waals surface area contributed by atoms with Crippen LogP contribution in [0.3, 0.4) is 0 Å². The molecule has 0 heterocycles. The molecule has 1 N–H and O–H groups in total. The third-order valence-corrected chi connectivity index (χ3v) is 2.91. The summed E-state index contributed by atoms with van der Waals surface area (Å²) in [6.45, 7) is 3.25. The lowest BCUT2D eigenvalue weighted by Crippen LogP contribution is -2.05. The second-order valence-electron chi connectivity index (χ2n) is 4.69. The smallest absolute Gasteiger partial charge is 0.169 e. The SMILES string of the molecule is CCCOc1ccccc1Oc1ccc(CNC)cc1F. The van der Waals surface area contributed by atoms with Gasteiger partial charge in [-0.1, -0.05) is 25.1 Å². The predicted molar refractivity (Wildman–Crippen MR) is 81.5 cm³/mol. The Morgan fingerprint density at radius 2 is 1.81 bits per heavy atom. The Kier molecular flexibility index (Phi) is 5.58. The molecule has 0 radical (unpaired) electrons. The summed E-state index contributed by atoms with van der Waals surface area (Å²) in [7, 11) is 1.82. The molecular weight excluding hydrogens is 269 g/mol. The van der Waals surface area contributed by atoms with Gasteiger partial charge in [-0.15, -0.1) is 0 Å². The molecule has 0 aliphatic heterocycles. The van der Waals surface area contributed by atoms with Crippen LogP contribution >= 0.6 is 0 Å². The molecule has 0 atom stereocenters. The quantitative estimate of drug-likeness (QED) is 0.831. The normalized spacial score (nSPS) is 10.4. The van der Waals surface area contributed by atoms with Gasteiger partial charge in [-0.3, -0.25) is 0 Å². The van der Waals surface area contributed by atoms with E-state index in [9.17, 15) is 4.39 Å². The van der Waals surface area contributed by atoms with E-state index in [4.69, 9.17) is 9.47 Å². The van der Waals surface area contributed by atoms with E-state index in [0.717, 1.165) is 12.0 Å². The van der Waals surface area contributed by atoms with Crippen LogP contribution in [-0.2, 0) is 6.54 Å². The van der Waals surface area contributed by atoms with E-state index in [-0.39, 0.29) is 11.6 Å². The van der Waals surface area contributed by atoms with Gasteiger partial charge in [0.25, 0.3) is 0 Å². The second-order valence-corrected chi connectivity index (χ2v) is 4.69. The molecule has 0 saturated carbocycles. The summed E-state index contributed by atoms with van der Waals surface area (Å²) in [5.41, 5.74) is 0.873. The van der Waals surface area contributed by atoms with Crippen LogP contribution in [0.2, 0.25) is 0 Å². The number of halogens is 1. The van der Waals surface area contributed by atoms with E-state index in [2.05, 4.69) is 5.32 Å². The standard InChI is InChI=1S/C17H20FNO2/c1-3-10-20-16-6-4-5-7-17(16)21-15-9-8-13(12-19-2)11-14(15)18/h4-9,11,19H,3,10,12H2,1-2H3. The number of hydrogen-bond donors (Lipinski definition) is 1. The van der Waals surface area contributed by atoms with Crippen LogP contribution in [0.25, 0.3) is 0 Å². The molecule has 2 aromatic rings. The minimum atomic E-state index is -0.381. The number of hydrogen-bond acceptors (Lipinski definition) is 3. The van der Waals surface area contributed by atoms with E-state index < -0.39 is 0 Å². The molecule has 4 heteroatoms. The summed E-state index contributed by atoms with van der Waals surface area (Å²) in [6, 6.07) is 12.2. The van der Waals surface area contributed by atoms with Crippen LogP contribution in [0.5, 0.6) is 17.2 Å². The minimum Gasteiger partial charge on any atom is -0.490 e. The van der Waals surface area contributed by atoms with E-state index in [1.807, 2.05) is 38.2 Å². The van der Waals surface area contributed by atoms with E-state index >= 15 is 0 Å². The van der Waals surface area contributed by atoms with Crippen LogP contribution in [0, 0.1) is 5.82 Å². The second kappa shape index (κ2) is 7.64. The molecule has 21 heavy (non-hydrogen) atoms. The molecule has 2 aromatic carbocycles. The number of benzene rings is 2. The van der Waals surface area contributed by atoms with E-state index in [1.54, 1.807) is 12.1 Å². The lowest BCUT2D eigenvalue weighted by Gasteiger charge is -2.13. The molecule has 0 aliphatic rings. The van der Waals surface area contributed by atoms with Gasteiger partial charge in [-0.2, -0.15) is 0 Å². The van der Waals surface area contributed by atoms with Gasteiger partial charge >= 0.3 is 0 Å². The third-order valence-electron chi connectivity index (χ3n) is 2.91. The van der Waals surface area contributed by atoms with Crippen molar-refractivity contribution in [2.75, 3.05) is 13.7 Å². The molecule has 0 saturated heterocycles. The first kappa shape index (κ1) is 15.3. The largest absolute Gasteiger partial charge is 0.490 e. The zero-order valence-corrected chi connectivity index (χ0v) is 12.4. The van der Waals surface area contributed by atoms with Crippen LogP contribution in [0.1, 0.15) is 18.9 Å². The summed E-state index contributed by atoms with van der Waals surface area (Å²) in [5.74, 6) is 0.958. The van der Waals surface area contributed by atoms with E-state index in [1.165, 1.54) is 6.07 Å². The topological polar surface area (TPSA) is 30.5 Å².